The first-order chi connectivity index (χ1) is 18.5. The van der Waals surface area contributed by atoms with Gasteiger partial charge in [0.25, 0.3) is 17.5 Å². The Morgan fingerprint density at radius 1 is 0.605 bits per heavy atom. The molecule has 0 fully saturated rings. The molecule has 43 heavy (non-hydrogen) atoms. The second-order valence-corrected chi connectivity index (χ2v) is 10.9. The van der Waals surface area contributed by atoms with Gasteiger partial charge in [-0.2, -0.15) is 22.3 Å². The van der Waals surface area contributed by atoms with Crippen LogP contribution in [0.25, 0.3) is 0 Å². The molecule has 0 aliphatic heterocycles. The number of nitrogens with zero attached hydrogens (tertiary/aromatic N) is 2. The Bertz CT molecular complexity index is 1050. The van der Waals surface area contributed by atoms with Crippen molar-refractivity contribution in [3.63, 3.8) is 0 Å². The molecular formula is C34H52F6N2O. The maximum Gasteiger partial charge on any atom is 0.331 e. The van der Waals surface area contributed by atoms with E-state index in [0.717, 1.165) is 12.3 Å². The Kier molecular flexibility index (Phi) is 20.6. The summed E-state index contributed by atoms with van der Waals surface area (Å²) in [5, 5.41) is 11.1. The van der Waals surface area contributed by atoms with E-state index in [-0.39, 0.29) is 75.3 Å². The third-order valence-corrected chi connectivity index (χ3v) is 5.43. The highest BCUT2D eigenvalue weighted by Crippen LogP contribution is 2.35. The lowest BCUT2D eigenvalue weighted by atomic mass is 9.99. The molecule has 0 radical (unpaired) electrons. The fraction of sp³-hybridized carbons (Fsp3) is 0.529. The van der Waals surface area contributed by atoms with Crippen LogP contribution in [0.15, 0.2) is 79.1 Å². The summed E-state index contributed by atoms with van der Waals surface area (Å²) in [6.07, 6.45) is 1.94. The van der Waals surface area contributed by atoms with Gasteiger partial charge >= 0.3 is 5.92 Å². The first-order valence-electron chi connectivity index (χ1n) is 13.3. The lowest BCUT2D eigenvalue weighted by Crippen LogP contribution is -2.38. The Balaban J connectivity index is -0.000000540. The zero-order valence-corrected chi connectivity index (χ0v) is 23.9. The van der Waals surface area contributed by atoms with Crippen LogP contribution in [0.5, 0.6) is 0 Å². The highest BCUT2D eigenvalue weighted by atomic mass is 19.3. The van der Waals surface area contributed by atoms with E-state index in [9.17, 15) is 31.5 Å². The minimum absolute atomic E-state index is 0. The number of alkyl halides is 6. The average molecular weight is 619 g/mol. The van der Waals surface area contributed by atoms with Gasteiger partial charge in [0, 0.05) is 43.2 Å². The van der Waals surface area contributed by atoms with Gasteiger partial charge in [-0.3, -0.25) is 4.98 Å². The van der Waals surface area contributed by atoms with Crippen LogP contribution in [0.1, 0.15) is 100 Å². The van der Waals surface area contributed by atoms with Gasteiger partial charge < -0.3 is 5.21 Å². The van der Waals surface area contributed by atoms with Gasteiger partial charge in [0.15, 0.2) is 6.20 Å². The summed E-state index contributed by atoms with van der Waals surface area (Å²) in [4.78, 5) is 3.65. The van der Waals surface area contributed by atoms with Gasteiger partial charge in [-0.25, -0.2) is 8.78 Å². The molecule has 0 saturated heterocycles. The second kappa shape index (κ2) is 20.0. The van der Waals surface area contributed by atoms with Crippen LogP contribution in [0.3, 0.4) is 0 Å². The van der Waals surface area contributed by atoms with Crippen molar-refractivity contribution >= 4 is 0 Å². The van der Waals surface area contributed by atoms with Crippen molar-refractivity contribution in [2.45, 2.75) is 101 Å². The van der Waals surface area contributed by atoms with E-state index in [1.54, 1.807) is 71.9 Å². The molecule has 9 heteroatoms. The molecule has 0 atom stereocenters. The quantitative estimate of drug-likeness (QED) is 0.136. The minimum Gasteiger partial charge on any atom is -0.618 e. The van der Waals surface area contributed by atoms with E-state index in [1.165, 1.54) is 36.5 Å². The number of halogens is 6. The van der Waals surface area contributed by atoms with Crippen LogP contribution in [-0.2, 0) is 17.8 Å². The third-order valence-electron chi connectivity index (χ3n) is 5.43. The summed E-state index contributed by atoms with van der Waals surface area (Å²) in [5.74, 6) is -8.69. The molecule has 0 bridgehead atoms. The summed E-state index contributed by atoms with van der Waals surface area (Å²) in [6.45, 7) is 10.6. The summed E-state index contributed by atoms with van der Waals surface area (Å²) < 4.78 is 80.6. The molecule has 0 aliphatic carbocycles. The molecule has 2 aromatic heterocycles. The fourth-order valence-electron chi connectivity index (χ4n) is 3.84. The van der Waals surface area contributed by atoms with Crippen molar-refractivity contribution in [2.75, 3.05) is 0 Å². The largest absolute Gasteiger partial charge is 0.618 e. The first-order valence-corrected chi connectivity index (χ1v) is 13.3. The van der Waals surface area contributed by atoms with Crippen LogP contribution in [0.4, 0.5) is 26.3 Å². The zero-order chi connectivity index (χ0) is 30.6. The molecule has 3 rings (SSSR count). The van der Waals surface area contributed by atoms with Gasteiger partial charge in [-0.05, 0) is 36.0 Å². The Morgan fingerprint density at radius 2 is 1.05 bits per heavy atom. The van der Waals surface area contributed by atoms with Crippen molar-refractivity contribution in [2.24, 2.45) is 17.8 Å². The van der Waals surface area contributed by atoms with Crippen LogP contribution >= 0.6 is 0 Å². The molecule has 1 aromatic carbocycles. The third kappa shape index (κ3) is 16.4. The number of pyridine rings is 2. The summed E-state index contributed by atoms with van der Waals surface area (Å²) in [7, 11) is 0. The van der Waals surface area contributed by atoms with Gasteiger partial charge in [0.1, 0.15) is 5.69 Å². The smallest absolute Gasteiger partial charge is 0.331 e. The van der Waals surface area contributed by atoms with E-state index >= 15 is 0 Å². The summed E-state index contributed by atoms with van der Waals surface area (Å²) in [5.41, 5.74) is -0.499. The number of rotatable bonds is 9. The standard InChI is InChI=1S/C11H14F2.C10H13F2NO.C10H13F2N.3CH4/c1-9(2)8-11(12,13)10-6-4-3-5-7-10;1-8(2)7-10(11,12)9-5-3-4-6-13(9)14;1-8(2)7-10(11,12)9-5-3-4-6-13-9;;;/h3-7,9H,8H2,1-2H3;3-6,8H,7H2,1-2H3;3-6,8H,7H2,1-2H3;3*1H4. The Morgan fingerprint density at radius 3 is 1.49 bits per heavy atom. The number of aromatic nitrogens is 2. The fourth-order valence-corrected chi connectivity index (χ4v) is 3.84. The van der Waals surface area contributed by atoms with E-state index in [0.29, 0.717) is 0 Å². The molecular weight excluding hydrogens is 566 g/mol. The molecule has 0 spiro atoms. The topological polar surface area (TPSA) is 39.8 Å². The summed E-state index contributed by atoms with van der Waals surface area (Å²) in [6, 6.07) is 16.6. The molecule has 2 heterocycles. The molecule has 0 saturated carbocycles. The maximum absolute atomic E-state index is 13.4. The van der Waals surface area contributed by atoms with E-state index in [1.807, 2.05) is 0 Å². The second-order valence-electron chi connectivity index (χ2n) is 10.9. The normalized spacial score (nSPS) is 11.2. The molecule has 0 unspecified atom stereocenters. The van der Waals surface area contributed by atoms with Crippen LogP contribution < -0.4 is 4.73 Å². The molecule has 0 N–H and O–H groups in total. The molecule has 3 aromatic rings. The van der Waals surface area contributed by atoms with Crippen molar-refractivity contribution < 1.29 is 31.1 Å². The van der Waals surface area contributed by atoms with Crippen molar-refractivity contribution in [1.29, 1.82) is 0 Å². The minimum atomic E-state index is -3.04. The van der Waals surface area contributed by atoms with Crippen molar-refractivity contribution in [1.82, 2.24) is 4.98 Å². The van der Waals surface area contributed by atoms with Crippen molar-refractivity contribution in [3.8, 4) is 0 Å². The predicted molar refractivity (Wildman–Crippen MR) is 166 cm³/mol. The Hall–Kier alpha value is -3.10. The van der Waals surface area contributed by atoms with E-state index in [2.05, 4.69) is 4.98 Å². The van der Waals surface area contributed by atoms with Gasteiger partial charge in [-0.1, -0.05) is 100 Å². The SMILES string of the molecule is C.C.C.CC(C)CC(F)(F)c1cccc[n+]1[O-].CC(C)CC(F)(F)c1ccccc1.CC(C)CC(F)(F)c1ccccn1. The van der Waals surface area contributed by atoms with E-state index < -0.39 is 23.5 Å². The van der Waals surface area contributed by atoms with Gasteiger partial charge in [0.2, 0.25) is 0 Å². The average Bonchev–Trinajstić information content (AvgIpc) is 2.84. The van der Waals surface area contributed by atoms with Gasteiger partial charge in [0.05, 0.1) is 0 Å². The van der Waals surface area contributed by atoms with Crippen LogP contribution in [0.2, 0.25) is 0 Å². The Labute approximate surface area is 256 Å². The lowest BCUT2D eigenvalue weighted by molar-refractivity contribution is -0.625. The highest BCUT2D eigenvalue weighted by molar-refractivity contribution is 5.19. The molecule has 246 valence electrons. The molecule has 0 aliphatic rings. The van der Waals surface area contributed by atoms with Gasteiger partial charge in [-0.15, -0.1) is 0 Å². The molecule has 0 amide bonds. The van der Waals surface area contributed by atoms with E-state index in [4.69, 9.17) is 0 Å². The number of hydrogen-bond acceptors (Lipinski definition) is 2. The number of hydrogen-bond donors (Lipinski definition) is 0. The zero-order valence-electron chi connectivity index (χ0n) is 23.9. The summed E-state index contributed by atoms with van der Waals surface area (Å²) >= 11 is 0. The molecule has 3 nitrogen and oxygen atoms in total. The van der Waals surface area contributed by atoms with Crippen LogP contribution in [0, 0.1) is 23.0 Å². The number of benzene rings is 1. The first kappa shape index (κ1) is 44.3. The van der Waals surface area contributed by atoms with Crippen LogP contribution in [-0.4, -0.2) is 4.98 Å². The lowest BCUT2D eigenvalue weighted by Gasteiger charge is -2.18. The maximum atomic E-state index is 13.4. The highest BCUT2D eigenvalue weighted by Gasteiger charge is 2.39. The monoisotopic (exact) mass is 618 g/mol. The predicted octanol–water partition coefficient (Wildman–Crippen LogP) is 11.4. The van der Waals surface area contributed by atoms with Crippen molar-refractivity contribution in [3.05, 3.63) is 101 Å².